The SMILES string of the molecule is COc1cc(CNCCc2nc(-c3ccc(Cl)cc3)no2)ccc1SC. The number of rotatable bonds is 8. The fourth-order valence-corrected chi connectivity index (χ4v) is 3.16. The Morgan fingerprint density at radius 1 is 1.19 bits per heavy atom. The maximum atomic E-state index is 5.89. The van der Waals surface area contributed by atoms with Gasteiger partial charge < -0.3 is 14.6 Å². The van der Waals surface area contributed by atoms with Crippen molar-refractivity contribution in [2.45, 2.75) is 17.9 Å². The molecule has 0 aliphatic carbocycles. The first kappa shape index (κ1) is 18.8. The summed E-state index contributed by atoms with van der Waals surface area (Å²) in [6, 6.07) is 13.6. The van der Waals surface area contributed by atoms with Gasteiger partial charge in [0.05, 0.1) is 7.11 Å². The molecule has 1 heterocycles. The van der Waals surface area contributed by atoms with Crippen molar-refractivity contribution >= 4 is 23.4 Å². The van der Waals surface area contributed by atoms with Gasteiger partial charge in [-0.1, -0.05) is 22.8 Å². The number of aromatic nitrogens is 2. The summed E-state index contributed by atoms with van der Waals surface area (Å²) in [5, 5.41) is 8.09. The molecule has 0 unspecified atom stereocenters. The average molecular weight is 390 g/mol. The molecule has 0 radical (unpaired) electrons. The largest absolute Gasteiger partial charge is 0.496 e. The molecule has 0 fully saturated rings. The van der Waals surface area contributed by atoms with Crippen LogP contribution in [0.2, 0.25) is 5.02 Å². The third kappa shape index (κ3) is 4.78. The Morgan fingerprint density at radius 3 is 2.73 bits per heavy atom. The topological polar surface area (TPSA) is 60.2 Å². The number of ether oxygens (including phenoxy) is 1. The highest BCUT2D eigenvalue weighted by Crippen LogP contribution is 2.28. The first-order valence-electron chi connectivity index (χ1n) is 8.19. The number of nitrogens with one attached hydrogen (secondary N) is 1. The predicted octanol–water partition coefficient (Wildman–Crippen LogP) is 4.45. The van der Waals surface area contributed by atoms with Gasteiger partial charge in [0.25, 0.3) is 0 Å². The first-order chi connectivity index (χ1) is 12.7. The van der Waals surface area contributed by atoms with Crippen molar-refractivity contribution in [3.05, 3.63) is 58.9 Å². The molecule has 0 aliphatic rings. The number of nitrogens with zero attached hydrogens (tertiary/aromatic N) is 2. The Balaban J connectivity index is 1.50. The Bertz CT molecular complexity index is 852. The summed E-state index contributed by atoms with van der Waals surface area (Å²) in [4.78, 5) is 5.56. The van der Waals surface area contributed by atoms with Crippen LogP contribution in [-0.2, 0) is 13.0 Å². The van der Waals surface area contributed by atoms with Crippen molar-refractivity contribution < 1.29 is 9.26 Å². The fraction of sp³-hybridized carbons (Fsp3) is 0.263. The standard InChI is InChI=1S/C19H20ClN3O2S/c1-24-16-11-13(3-8-17(16)26-2)12-21-10-9-18-22-19(23-25-18)14-4-6-15(20)7-5-14/h3-8,11,21H,9-10,12H2,1-2H3. The normalized spacial score (nSPS) is 10.9. The second kappa shape index (κ2) is 9.07. The minimum Gasteiger partial charge on any atom is -0.496 e. The van der Waals surface area contributed by atoms with Crippen LogP contribution in [0.15, 0.2) is 51.9 Å². The van der Waals surface area contributed by atoms with Gasteiger partial charge in [0.15, 0.2) is 0 Å². The zero-order valence-electron chi connectivity index (χ0n) is 14.7. The maximum Gasteiger partial charge on any atom is 0.228 e. The minimum absolute atomic E-state index is 0.578. The Morgan fingerprint density at radius 2 is 2.00 bits per heavy atom. The van der Waals surface area contributed by atoms with Crippen LogP contribution in [0.1, 0.15) is 11.5 Å². The van der Waals surface area contributed by atoms with Gasteiger partial charge in [0.2, 0.25) is 11.7 Å². The summed E-state index contributed by atoms with van der Waals surface area (Å²) in [6.45, 7) is 1.50. The molecule has 0 aliphatic heterocycles. The van der Waals surface area contributed by atoms with E-state index in [0.717, 1.165) is 29.3 Å². The van der Waals surface area contributed by atoms with Gasteiger partial charge >= 0.3 is 0 Å². The Kier molecular flexibility index (Phi) is 6.55. The van der Waals surface area contributed by atoms with Crippen LogP contribution in [0.3, 0.4) is 0 Å². The van der Waals surface area contributed by atoms with Crippen LogP contribution in [0, 0.1) is 0 Å². The number of thioether (sulfide) groups is 1. The van der Waals surface area contributed by atoms with Crippen LogP contribution in [0.5, 0.6) is 5.75 Å². The highest BCUT2D eigenvalue weighted by Gasteiger charge is 2.08. The van der Waals surface area contributed by atoms with Gasteiger partial charge in [0, 0.05) is 35.0 Å². The predicted molar refractivity (Wildman–Crippen MR) is 105 cm³/mol. The molecule has 3 aromatic rings. The second-order valence-corrected chi connectivity index (χ2v) is 6.92. The number of hydrogen-bond acceptors (Lipinski definition) is 6. The lowest BCUT2D eigenvalue weighted by Crippen LogP contribution is -2.16. The lowest BCUT2D eigenvalue weighted by atomic mass is 10.2. The number of halogens is 1. The fourth-order valence-electron chi connectivity index (χ4n) is 2.49. The smallest absolute Gasteiger partial charge is 0.228 e. The zero-order chi connectivity index (χ0) is 18.4. The number of hydrogen-bond donors (Lipinski definition) is 1. The van der Waals surface area contributed by atoms with Gasteiger partial charge in [-0.15, -0.1) is 11.8 Å². The maximum absolute atomic E-state index is 5.89. The van der Waals surface area contributed by atoms with E-state index in [-0.39, 0.29) is 0 Å². The molecule has 0 spiro atoms. The molecule has 26 heavy (non-hydrogen) atoms. The molecule has 136 valence electrons. The van der Waals surface area contributed by atoms with Crippen LogP contribution >= 0.6 is 23.4 Å². The molecule has 0 saturated carbocycles. The van der Waals surface area contributed by atoms with Crippen LogP contribution in [-0.4, -0.2) is 30.1 Å². The monoisotopic (exact) mass is 389 g/mol. The molecule has 5 nitrogen and oxygen atoms in total. The highest BCUT2D eigenvalue weighted by molar-refractivity contribution is 7.98. The highest BCUT2D eigenvalue weighted by atomic mass is 35.5. The van der Waals surface area contributed by atoms with Crippen molar-refractivity contribution in [3.63, 3.8) is 0 Å². The van der Waals surface area contributed by atoms with Crippen molar-refractivity contribution in [1.82, 2.24) is 15.5 Å². The quantitative estimate of drug-likeness (QED) is 0.453. The van der Waals surface area contributed by atoms with Gasteiger partial charge in [-0.2, -0.15) is 4.98 Å². The van der Waals surface area contributed by atoms with E-state index in [2.05, 4.69) is 33.7 Å². The summed E-state index contributed by atoms with van der Waals surface area (Å²) < 4.78 is 10.7. The molecule has 0 saturated heterocycles. The lowest BCUT2D eigenvalue weighted by Gasteiger charge is -2.09. The third-order valence-electron chi connectivity index (χ3n) is 3.86. The van der Waals surface area contributed by atoms with Crippen molar-refractivity contribution in [2.24, 2.45) is 0 Å². The summed E-state index contributed by atoms with van der Waals surface area (Å²) in [6.07, 6.45) is 2.71. The molecule has 0 atom stereocenters. The van der Waals surface area contributed by atoms with E-state index in [1.807, 2.05) is 30.5 Å². The summed E-state index contributed by atoms with van der Waals surface area (Å²) in [5.74, 6) is 2.09. The van der Waals surface area contributed by atoms with E-state index in [1.54, 1.807) is 18.9 Å². The summed E-state index contributed by atoms with van der Waals surface area (Å²) in [5.41, 5.74) is 2.06. The second-order valence-electron chi connectivity index (χ2n) is 5.63. The van der Waals surface area contributed by atoms with E-state index in [9.17, 15) is 0 Å². The van der Waals surface area contributed by atoms with Crippen LogP contribution in [0.25, 0.3) is 11.4 Å². The average Bonchev–Trinajstić information content (AvgIpc) is 3.14. The molecule has 7 heteroatoms. The van der Waals surface area contributed by atoms with Crippen molar-refractivity contribution in [2.75, 3.05) is 19.9 Å². The molecule has 0 amide bonds. The molecular weight excluding hydrogens is 370 g/mol. The Hall–Kier alpha value is -2.02. The summed E-state index contributed by atoms with van der Waals surface area (Å²) in [7, 11) is 1.69. The minimum atomic E-state index is 0.578. The third-order valence-corrected chi connectivity index (χ3v) is 4.89. The van der Waals surface area contributed by atoms with E-state index < -0.39 is 0 Å². The summed E-state index contributed by atoms with van der Waals surface area (Å²) >= 11 is 7.57. The van der Waals surface area contributed by atoms with Crippen molar-refractivity contribution in [1.29, 1.82) is 0 Å². The molecule has 2 aromatic carbocycles. The lowest BCUT2D eigenvalue weighted by molar-refractivity contribution is 0.376. The molecular formula is C19H20ClN3O2S. The van der Waals surface area contributed by atoms with Gasteiger partial charge in [0.1, 0.15) is 5.75 Å². The number of benzene rings is 2. The van der Waals surface area contributed by atoms with Crippen molar-refractivity contribution in [3.8, 4) is 17.1 Å². The Labute approximate surface area is 162 Å². The van der Waals surface area contributed by atoms with Gasteiger partial charge in [-0.3, -0.25) is 0 Å². The van der Waals surface area contributed by atoms with E-state index >= 15 is 0 Å². The van der Waals surface area contributed by atoms with Crippen LogP contribution in [0.4, 0.5) is 0 Å². The zero-order valence-corrected chi connectivity index (χ0v) is 16.2. The van der Waals surface area contributed by atoms with Gasteiger partial charge in [-0.05, 0) is 48.2 Å². The molecule has 0 bridgehead atoms. The molecule has 1 aromatic heterocycles. The van der Waals surface area contributed by atoms with Gasteiger partial charge in [-0.25, -0.2) is 0 Å². The van der Waals surface area contributed by atoms with Crippen LogP contribution < -0.4 is 10.1 Å². The van der Waals surface area contributed by atoms with E-state index in [1.165, 1.54) is 5.56 Å². The number of methoxy groups -OCH3 is 1. The molecule has 1 N–H and O–H groups in total. The van der Waals surface area contributed by atoms with E-state index in [4.69, 9.17) is 20.9 Å². The van der Waals surface area contributed by atoms with E-state index in [0.29, 0.717) is 23.2 Å². The first-order valence-corrected chi connectivity index (χ1v) is 9.80. The molecule has 3 rings (SSSR count).